The van der Waals surface area contributed by atoms with Gasteiger partial charge in [-0.3, -0.25) is 5.04 Å². The van der Waals surface area contributed by atoms with Gasteiger partial charge in [-0.05, 0) is 42.7 Å². The summed E-state index contributed by atoms with van der Waals surface area (Å²) in [7, 11) is -4.76. The maximum absolute atomic E-state index is 12.0. The first-order valence-electron chi connectivity index (χ1n) is 10.2. The minimum Gasteiger partial charge on any atom is -0.744 e. The van der Waals surface area contributed by atoms with Crippen molar-refractivity contribution in [3.05, 3.63) is 71.8 Å². The second-order valence-corrected chi connectivity index (χ2v) is 8.34. The third-order valence-electron chi connectivity index (χ3n) is 4.23. The Morgan fingerprint density at radius 2 is 1.15 bits per heavy atom. The first-order chi connectivity index (χ1) is 15.3. The molecule has 6 nitrogen and oxygen atoms in total. The molecule has 3 aromatic rings. The minimum absolute atomic E-state index is 0. The topological polar surface area (TPSA) is 98.7 Å². The van der Waals surface area contributed by atoms with Crippen LogP contribution in [-0.2, 0) is 19.5 Å². The average molecular weight is 509 g/mol. The normalized spacial score (nSPS) is 9.88. The summed E-state index contributed by atoms with van der Waals surface area (Å²) in [5, 5.41) is 13.8. The van der Waals surface area contributed by atoms with Gasteiger partial charge < -0.3 is 9.81 Å². The Morgan fingerprint density at radius 1 is 0.735 bits per heavy atom. The van der Waals surface area contributed by atoms with E-state index in [1.807, 2.05) is 65.8 Å². The lowest BCUT2D eigenvalue weighted by molar-refractivity contribution is -0.777. The molecule has 34 heavy (non-hydrogen) atoms. The van der Waals surface area contributed by atoms with Gasteiger partial charge in [0.2, 0.25) is 0 Å². The van der Waals surface area contributed by atoms with Gasteiger partial charge in [0.05, 0.1) is 16.9 Å². The summed E-state index contributed by atoms with van der Waals surface area (Å²) < 4.78 is 40.4. The fourth-order valence-electron chi connectivity index (χ4n) is 2.80. The second-order valence-electron chi connectivity index (χ2n) is 6.25. The number of hydrogen-bond donors (Lipinski definition) is 0. The van der Waals surface area contributed by atoms with Crippen LogP contribution in [0.3, 0.4) is 0 Å². The molecular weight excluding hydrogens is 472 g/mol. The van der Waals surface area contributed by atoms with Crippen LogP contribution < -0.4 is 5.26 Å². The number of aryl methyl sites for hydroxylation is 2. The van der Waals surface area contributed by atoms with E-state index in [0.29, 0.717) is 33.6 Å². The summed E-state index contributed by atoms with van der Waals surface area (Å²) in [5.41, 5.74) is 3.90. The molecule has 0 fully saturated rings. The predicted octanol–water partition coefficient (Wildman–Crippen LogP) is 7.10. The molecule has 0 aliphatic heterocycles. The summed E-state index contributed by atoms with van der Waals surface area (Å²) in [6.07, 6.45) is 0. The number of benzene rings is 3. The highest BCUT2D eigenvalue weighted by atomic mass is 32.2. The van der Waals surface area contributed by atoms with Crippen molar-refractivity contribution in [3.63, 3.8) is 0 Å². The first-order valence-corrected chi connectivity index (χ1v) is 12.4. The van der Waals surface area contributed by atoms with E-state index in [0.717, 1.165) is 11.1 Å². The monoisotopic (exact) mass is 508 g/mol. The van der Waals surface area contributed by atoms with Crippen LogP contribution in [0.4, 0.5) is 0 Å². The Morgan fingerprint density at radius 3 is 1.53 bits per heavy atom. The van der Waals surface area contributed by atoms with Gasteiger partial charge in [0.1, 0.15) is 10.1 Å². The van der Waals surface area contributed by atoms with Crippen molar-refractivity contribution < 1.29 is 27.6 Å². The Labute approximate surface area is 209 Å². The molecule has 8 heteroatoms. The maximum atomic E-state index is 12.0. The maximum Gasteiger partial charge on any atom is 0.125 e. The minimum atomic E-state index is -4.76. The summed E-state index contributed by atoms with van der Waals surface area (Å²) in [4.78, 5) is 0.0852. The Balaban J connectivity index is 0. The third kappa shape index (κ3) is 9.21. The van der Waals surface area contributed by atoms with E-state index in [1.165, 1.54) is 12.1 Å². The van der Waals surface area contributed by atoms with Crippen molar-refractivity contribution in [3.8, 4) is 22.3 Å². The lowest BCUT2D eigenvalue weighted by Crippen LogP contribution is -2.04. The van der Waals surface area contributed by atoms with Crippen molar-refractivity contribution >= 4 is 22.2 Å². The van der Waals surface area contributed by atoms with E-state index >= 15 is 0 Å². The molecule has 0 amide bonds. The van der Waals surface area contributed by atoms with E-state index in [1.54, 1.807) is 24.3 Å². The highest BCUT2D eigenvalue weighted by molar-refractivity contribution is 7.94. The zero-order valence-electron chi connectivity index (χ0n) is 19.0. The molecule has 190 valence electrons. The lowest BCUT2D eigenvalue weighted by Gasteiger charge is -2.18. The molecule has 0 saturated heterocycles. The lowest BCUT2D eigenvalue weighted by atomic mass is 9.99. The molecule has 0 saturated carbocycles. The van der Waals surface area contributed by atoms with Crippen LogP contribution in [0, 0.1) is 13.8 Å². The third-order valence-corrected chi connectivity index (χ3v) is 5.75. The van der Waals surface area contributed by atoms with E-state index in [-0.39, 0.29) is 25.3 Å². The van der Waals surface area contributed by atoms with Crippen LogP contribution >= 0.6 is 12.0 Å². The molecular formula is C26H36O6S2-2. The van der Waals surface area contributed by atoms with Gasteiger partial charge in [0, 0.05) is 10.5 Å². The molecule has 0 heterocycles. The number of hydrogen-bond acceptors (Lipinski definition) is 7. The van der Waals surface area contributed by atoms with Crippen molar-refractivity contribution in [2.75, 3.05) is 0 Å². The molecule has 0 aromatic heterocycles. The van der Waals surface area contributed by atoms with Crippen molar-refractivity contribution in [2.24, 2.45) is 0 Å². The highest BCUT2D eigenvalue weighted by Gasteiger charge is 2.18. The molecule has 0 aliphatic carbocycles. The Hall–Kier alpha value is -2.20. The average Bonchev–Trinajstić information content (AvgIpc) is 2.80. The molecule has 0 atom stereocenters. The van der Waals surface area contributed by atoms with Crippen LogP contribution in [0.15, 0.2) is 70.5 Å². The zero-order valence-corrected chi connectivity index (χ0v) is 20.7. The highest BCUT2D eigenvalue weighted by Crippen LogP contribution is 2.39. The molecule has 0 unspecified atom stereocenters. The van der Waals surface area contributed by atoms with Gasteiger partial charge in [-0.1, -0.05) is 102 Å². The quantitative estimate of drug-likeness (QED) is 0.152. The summed E-state index contributed by atoms with van der Waals surface area (Å²) in [6, 6.07) is 17.2. The molecule has 0 radical (unpaired) electrons. The smallest absolute Gasteiger partial charge is 0.125 e. The van der Waals surface area contributed by atoms with Crippen molar-refractivity contribution in [1.29, 1.82) is 0 Å². The van der Waals surface area contributed by atoms with Crippen LogP contribution in [0.5, 0.6) is 0 Å². The SMILES string of the molecule is C.C.CC.CC.Cc1ccc(-c2cc(S(=O)(=O)[O-])c(-c3ccc(C)cc3)cc2SOO[O-])cc1. The van der Waals surface area contributed by atoms with Crippen molar-refractivity contribution in [1.82, 2.24) is 0 Å². The summed E-state index contributed by atoms with van der Waals surface area (Å²) >= 11 is 0.646. The van der Waals surface area contributed by atoms with Crippen molar-refractivity contribution in [2.45, 2.75) is 66.2 Å². The van der Waals surface area contributed by atoms with Gasteiger partial charge in [-0.15, -0.1) is 0 Å². The van der Waals surface area contributed by atoms with Gasteiger partial charge in [-0.25, -0.2) is 8.42 Å². The molecule has 0 N–H and O–H groups in total. The van der Waals surface area contributed by atoms with E-state index in [9.17, 15) is 18.2 Å². The standard InChI is InChI=1S/C20H18O6S2.2C2H6.2CH4/c1-13-3-7-15(8-4-13)17-12-20(28(22,23)24)18(11-19(17)27-26-25-21)16-9-5-14(2)6-10-16;2*1-2;;/h3-12,21H,1-2H3,(H,22,23,24);2*1-2H3;2*1H4/p-2. The molecule has 0 aliphatic rings. The van der Waals surface area contributed by atoms with Crippen LogP contribution in [0.2, 0.25) is 0 Å². The van der Waals surface area contributed by atoms with Gasteiger partial charge in [0.15, 0.2) is 0 Å². The summed E-state index contributed by atoms with van der Waals surface area (Å²) in [6.45, 7) is 11.8. The Kier molecular flexibility index (Phi) is 16.4. The van der Waals surface area contributed by atoms with E-state index in [2.05, 4.69) is 9.37 Å². The molecule has 0 bridgehead atoms. The van der Waals surface area contributed by atoms with Crippen LogP contribution in [-0.4, -0.2) is 13.0 Å². The van der Waals surface area contributed by atoms with Crippen LogP contribution in [0.1, 0.15) is 53.7 Å². The fourth-order valence-corrected chi connectivity index (χ4v) is 4.05. The second kappa shape index (κ2) is 16.4. The largest absolute Gasteiger partial charge is 0.744 e. The van der Waals surface area contributed by atoms with Gasteiger partial charge in [-0.2, -0.15) is 4.33 Å². The summed E-state index contributed by atoms with van der Waals surface area (Å²) in [5.74, 6) is 0. The predicted molar refractivity (Wildman–Crippen MR) is 139 cm³/mol. The first kappa shape index (κ1) is 34.0. The van der Waals surface area contributed by atoms with E-state index < -0.39 is 10.1 Å². The number of rotatable bonds is 6. The van der Waals surface area contributed by atoms with Gasteiger partial charge >= 0.3 is 0 Å². The molecule has 3 rings (SSSR count). The fraction of sp³-hybridized carbons (Fsp3) is 0.308. The zero-order chi connectivity index (χ0) is 24.3. The molecule has 0 spiro atoms. The molecule has 3 aromatic carbocycles. The Bertz CT molecular complexity index is 1080. The van der Waals surface area contributed by atoms with Gasteiger partial charge in [0.25, 0.3) is 0 Å². The van der Waals surface area contributed by atoms with E-state index in [4.69, 9.17) is 0 Å². The van der Waals surface area contributed by atoms with Crippen LogP contribution in [0.25, 0.3) is 22.3 Å².